The van der Waals surface area contributed by atoms with Crippen LogP contribution in [0.1, 0.15) is 33.3 Å². The maximum Gasteiger partial charge on any atom is 0.239 e. The Morgan fingerprint density at radius 3 is 2.39 bits per heavy atom. The summed E-state index contributed by atoms with van der Waals surface area (Å²) in [6.07, 6.45) is -0.0454. The molecule has 1 heterocycles. The van der Waals surface area contributed by atoms with Gasteiger partial charge in [0, 0.05) is 13.1 Å². The van der Waals surface area contributed by atoms with Crippen molar-refractivity contribution in [2.24, 2.45) is 0 Å². The molecule has 1 aromatic rings. The SMILES string of the molecule is CCNc1nc(NCC)c(C#N)c(OC(C)C)n1. The lowest BCUT2D eigenvalue weighted by molar-refractivity contribution is 0.232. The largest absolute Gasteiger partial charge is 0.474 e. The highest BCUT2D eigenvalue weighted by atomic mass is 16.5. The Balaban J connectivity index is 3.22. The Labute approximate surface area is 107 Å². The molecule has 0 aliphatic carbocycles. The van der Waals surface area contributed by atoms with Crippen LogP contribution in [0, 0.1) is 11.3 Å². The van der Waals surface area contributed by atoms with Crippen molar-refractivity contribution in [2.75, 3.05) is 23.7 Å². The normalized spacial score (nSPS) is 10.0. The zero-order valence-corrected chi connectivity index (χ0v) is 11.2. The van der Waals surface area contributed by atoms with E-state index in [1.54, 1.807) is 0 Å². The zero-order valence-electron chi connectivity index (χ0n) is 11.2. The summed E-state index contributed by atoms with van der Waals surface area (Å²) in [6, 6.07) is 2.08. The third-order valence-electron chi connectivity index (χ3n) is 2.01. The van der Waals surface area contributed by atoms with E-state index in [1.807, 2.05) is 27.7 Å². The van der Waals surface area contributed by atoms with Crippen LogP contribution in [0.2, 0.25) is 0 Å². The van der Waals surface area contributed by atoms with Gasteiger partial charge in [0.1, 0.15) is 6.07 Å². The van der Waals surface area contributed by atoms with Gasteiger partial charge in [0.15, 0.2) is 11.4 Å². The number of hydrogen-bond donors (Lipinski definition) is 2. The van der Waals surface area contributed by atoms with Crippen LogP contribution in [0.5, 0.6) is 5.88 Å². The summed E-state index contributed by atoms with van der Waals surface area (Å²) < 4.78 is 5.56. The van der Waals surface area contributed by atoms with Crippen LogP contribution < -0.4 is 15.4 Å². The fourth-order valence-corrected chi connectivity index (χ4v) is 1.38. The molecular weight excluding hydrogens is 230 g/mol. The van der Waals surface area contributed by atoms with Gasteiger partial charge in [-0.15, -0.1) is 0 Å². The molecule has 1 rings (SSSR count). The molecule has 0 radical (unpaired) electrons. The first-order chi connectivity index (χ1) is 8.62. The third-order valence-corrected chi connectivity index (χ3v) is 2.01. The monoisotopic (exact) mass is 249 g/mol. The van der Waals surface area contributed by atoms with Crippen LogP contribution in [-0.4, -0.2) is 29.2 Å². The third kappa shape index (κ3) is 3.48. The summed E-state index contributed by atoms with van der Waals surface area (Å²) in [7, 11) is 0. The molecule has 0 saturated carbocycles. The van der Waals surface area contributed by atoms with Gasteiger partial charge in [-0.2, -0.15) is 15.2 Å². The van der Waals surface area contributed by atoms with Crippen molar-refractivity contribution in [3.63, 3.8) is 0 Å². The maximum atomic E-state index is 9.19. The van der Waals surface area contributed by atoms with Gasteiger partial charge in [-0.05, 0) is 27.7 Å². The number of aromatic nitrogens is 2. The smallest absolute Gasteiger partial charge is 0.239 e. The van der Waals surface area contributed by atoms with E-state index in [4.69, 9.17) is 4.74 Å². The minimum atomic E-state index is -0.0454. The Morgan fingerprint density at radius 2 is 1.89 bits per heavy atom. The first kappa shape index (κ1) is 14.0. The highest BCUT2D eigenvalue weighted by Crippen LogP contribution is 2.24. The molecule has 0 saturated heterocycles. The van der Waals surface area contributed by atoms with E-state index in [0.29, 0.717) is 36.3 Å². The summed E-state index contributed by atoms with van der Waals surface area (Å²) in [4.78, 5) is 8.46. The van der Waals surface area contributed by atoms with Crippen molar-refractivity contribution in [3.8, 4) is 11.9 Å². The molecule has 1 aromatic heterocycles. The lowest BCUT2D eigenvalue weighted by Gasteiger charge is -2.14. The lowest BCUT2D eigenvalue weighted by atomic mass is 10.3. The standard InChI is InChI=1S/C12H19N5O/c1-5-14-10-9(7-13)11(18-8(3)4)17-12(16-10)15-6-2/h8H,5-6H2,1-4H3,(H2,14,15,16,17). The molecule has 0 amide bonds. The Hall–Kier alpha value is -2.03. The Kier molecular flexibility index (Phi) is 5.18. The van der Waals surface area contributed by atoms with Gasteiger partial charge in [-0.3, -0.25) is 0 Å². The number of hydrogen-bond acceptors (Lipinski definition) is 6. The van der Waals surface area contributed by atoms with Crippen LogP contribution in [0.3, 0.4) is 0 Å². The first-order valence-electron chi connectivity index (χ1n) is 6.08. The summed E-state index contributed by atoms with van der Waals surface area (Å²) in [5, 5.41) is 15.3. The Morgan fingerprint density at radius 1 is 1.22 bits per heavy atom. The molecule has 2 N–H and O–H groups in total. The number of nitrogens with zero attached hydrogens (tertiary/aromatic N) is 3. The average molecular weight is 249 g/mol. The van der Waals surface area contributed by atoms with Crippen LogP contribution in [0.4, 0.5) is 11.8 Å². The van der Waals surface area contributed by atoms with Gasteiger partial charge in [-0.1, -0.05) is 0 Å². The second-order valence-corrected chi connectivity index (χ2v) is 3.92. The number of rotatable bonds is 6. The van der Waals surface area contributed by atoms with Crippen molar-refractivity contribution < 1.29 is 4.74 Å². The molecule has 6 heteroatoms. The van der Waals surface area contributed by atoms with Crippen molar-refractivity contribution in [2.45, 2.75) is 33.8 Å². The van der Waals surface area contributed by atoms with E-state index in [0.717, 1.165) is 0 Å². The molecule has 0 unspecified atom stereocenters. The van der Waals surface area contributed by atoms with Crippen LogP contribution >= 0.6 is 0 Å². The first-order valence-corrected chi connectivity index (χ1v) is 6.08. The predicted molar refractivity (Wildman–Crippen MR) is 70.8 cm³/mol. The van der Waals surface area contributed by atoms with Crippen LogP contribution in [-0.2, 0) is 0 Å². The summed E-state index contributed by atoms with van der Waals surface area (Å²) in [6.45, 7) is 9.07. The number of nitriles is 1. The molecule has 0 aliphatic rings. The van der Waals surface area contributed by atoms with Gasteiger partial charge in [0.05, 0.1) is 6.10 Å². The number of anilines is 2. The minimum absolute atomic E-state index is 0.0454. The number of nitrogens with one attached hydrogen (secondary N) is 2. The van der Waals surface area contributed by atoms with Crippen molar-refractivity contribution in [1.82, 2.24) is 9.97 Å². The second-order valence-electron chi connectivity index (χ2n) is 3.92. The predicted octanol–water partition coefficient (Wildman–Crippen LogP) is 2.00. The van der Waals surface area contributed by atoms with E-state index >= 15 is 0 Å². The molecule has 0 atom stereocenters. The highest BCUT2D eigenvalue weighted by molar-refractivity contribution is 5.59. The van der Waals surface area contributed by atoms with Gasteiger partial charge in [0.25, 0.3) is 0 Å². The molecule has 0 fully saturated rings. The fraction of sp³-hybridized carbons (Fsp3) is 0.583. The summed E-state index contributed by atoms with van der Waals surface area (Å²) >= 11 is 0. The summed E-state index contributed by atoms with van der Waals surface area (Å²) in [5.74, 6) is 1.28. The van der Waals surface area contributed by atoms with E-state index in [1.165, 1.54) is 0 Å². The van der Waals surface area contributed by atoms with E-state index in [2.05, 4.69) is 26.7 Å². The molecule has 0 aromatic carbocycles. The highest BCUT2D eigenvalue weighted by Gasteiger charge is 2.16. The van der Waals surface area contributed by atoms with Crippen LogP contribution in [0.25, 0.3) is 0 Å². The van der Waals surface area contributed by atoms with Gasteiger partial charge in [0.2, 0.25) is 11.8 Å². The molecule has 98 valence electrons. The minimum Gasteiger partial charge on any atom is -0.474 e. The molecular formula is C12H19N5O. The molecule has 0 spiro atoms. The molecule has 0 aliphatic heterocycles. The average Bonchev–Trinajstić information content (AvgIpc) is 2.29. The molecule has 6 nitrogen and oxygen atoms in total. The second kappa shape index (κ2) is 6.64. The van der Waals surface area contributed by atoms with E-state index in [9.17, 15) is 5.26 Å². The van der Waals surface area contributed by atoms with Gasteiger partial charge < -0.3 is 15.4 Å². The molecule has 0 bridgehead atoms. The van der Waals surface area contributed by atoms with Crippen LogP contribution in [0.15, 0.2) is 0 Å². The van der Waals surface area contributed by atoms with E-state index < -0.39 is 0 Å². The van der Waals surface area contributed by atoms with Crippen molar-refractivity contribution in [1.29, 1.82) is 5.26 Å². The zero-order chi connectivity index (χ0) is 13.5. The van der Waals surface area contributed by atoms with Crippen molar-refractivity contribution in [3.05, 3.63) is 5.56 Å². The van der Waals surface area contributed by atoms with Crippen molar-refractivity contribution >= 4 is 11.8 Å². The Bertz CT molecular complexity index is 439. The summed E-state index contributed by atoms with van der Waals surface area (Å²) in [5.41, 5.74) is 0.340. The fourth-order valence-electron chi connectivity index (χ4n) is 1.38. The van der Waals surface area contributed by atoms with Gasteiger partial charge >= 0.3 is 0 Å². The van der Waals surface area contributed by atoms with E-state index in [-0.39, 0.29) is 6.10 Å². The molecule has 18 heavy (non-hydrogen) atoms. The topological polar surface area (TPSA) is 82.9 Å². The quantitative estimate of drug-likeness (QED) is 0.802. The lowest BCUT2D eigenvalue weighted by Crippen LogP contribution is -2.14. The van der Waals surface area contributed by atoms with Gasteiger partial charge in [-0.25, -0.2) is 0 Å². The maximum absolute atomic E-state index is 9.19. The number of ether oxygens (including phenoxy) is 1.